The predicted molar refractivity (Wildman–Crippen MR) is 116 cm³/mol. The van der Waals surface area contributed by atoms with Crippen molar-refractivity contribution in [1.82, 2.24) is 34.8 Å². The molecular formula is C19H21N7OS2. The van der Waals surface area contributed by atoms with Crippen molar-refractivity contribution in [3.8, 4) is 10.6 Å². The second-order valence-electron chi connectivity index (χ2n) is 6.96. The van der Waals surface area contributed by atoms with E-state index in [0.717, 1.165) is 21.8 Å². The summed E-state index contributed by atoms with van der Waals surface area (Å²) >= 11 is 6.72. The maximum absolute atomic E-state index is 13.0. The van der Waals surface area contributed by atoms with Crippen molar-refractivity contribution in [2.75, 3.05) is 6.54 Å². The van der Waals surface area contributed by atoms with Crippen molar-refractivity contribution in [1.29, 1.82) is 0 Å². The largest absolute Gasteiger partial charge is 0.352 e. The molecule has 1 amide bonds. The molecule has 0 fully saturated rings. The van der Waals surface area contributed by atoms with Crippen molar-refractivity contribution in [3.63, 3.8) is 0 Å². The summed E-state index contributed by atoms with van der Waals surface area (Å²) in [7, 11) is 1.85. The first-order valence-corrected chi connectivity index (χ1v) is 10.5. The van der Waals surface area contributed by atoms with Crippen LogP contribution in [-0.4, -0.2) is 42.0 Å². The van der Waals surface area contributed by atoms with Gasteiger partial charge in [-0.2, -0.15) is 10.2 Å². The molecule has 4 rings (SSSR count). The molecule has 29 heavy (non-hydrogen) atoms. The van der Waals surface area contributed by atoms with Crippen LogP contribution in [0.5, 0.6) is 0 Å². The van der Waals surface area contributed by atoms with Gasteiger partial charge in [0.15, 0.2) is 10.4 Å². The van der Waals surface area contributed by atoms with Crippen LogP contribution in [-0.2, 0) is 13.5 Å². The average molecular weight is 428 g/mol. The number of nitrogens with one attached hydrogen (secondary N) is 2. The van der Waals surface area contributed by atoms with Crippen molar-refractivity contribution in [2.45, 2.75) is 26.3 Å². The fourth-order valence-corrected chi connectivity index (χ4v) is 3.96. The number of aromatic amines is 1. The average Bonchev–Trinajstić information content (AvgIpc) is 3.43. The van der Waals surface area contributed by atoms with Gasteiger partial charge in [0.1, 0.15) is 5.82 Å². The van der Waals surface area contributed by atoms with Crippen LogP contribution in [0.2, 0.25) is 0 Å². The molecule has 0 radical (unpaired) electrons. The Kier molecular flexibility index (Phi) is 5.29. The topological polar surface area (TPSA) is 93.4 Å². The summed E-state index contributed by atoms with van der Waals surface area (Å²) in [6, 6.07) is 5.95. The molecule has 4 aromatic heterocycles. The van der Waals surface area contributed by atoms with Crippen molar-refractivity contribution in [3.05, 3.63) is 45.9 Å². The Balaban J connectivity index is 1.65. The van der Waals surface area contributed by atoms with E-state index in [4.69, 9.17) is 17.2 Å². The van der Waals surface area contributed by atoms with Crippen LogP contribution < -0.4 is 5.32 Å². The normalized spacial score (nSPS) is 11.4. The molecule has 0 spiro atoms. The molecule has 0 aromatic carbocycles. The number of hydrogen-bond acceptors (Lipinski definition) is 6. The molecule has 4 aromatic rings. The van der Waals surface area contributed by atoms with Crippen LogP contribution in [0.25, 0.3) is 21.6 Å². The number of aromatic nitrogens is 6. The second-order valence-corrected chi connectivity index (χ2v) is 8.30. The number of hydrogen-bond donors (Lipinski definition) is 2. The van der Waals surface area contributed by atoms with Gasteiger partial charge in [0.05, 0.1) is 27.7 Å². The summed E-state index contributed by atoms with van der Waals surface area (Å²) < 4.78 is 4.20. The summed E-state index contributed by atoms with van der Waals surface area (Å²) in [5.41, 5.74) is 2.06. The van der Waals surface area contributed by atoms with E-state index < -0.39 is 0 Å². The molecule has 4 heterocycles. The maximum atomic E-state index is 13.0. The molecule has 0 aliphatic carbocycles. The van der Waals surface area contributed by atoms with E-state index in [1.54, 1.807) is 22.1 Å². The van der Waals surface area contributed by atoms with E-state index in [2.05, 4.69) is 20.6 Å². The highest BCUT2D eigenvalue weighted by Crippen LogP contribution is 2.28. The van der Waals surface area contributed by atoms with Gasteiger partial charge in [-0.3, -0.25) is 9.89 Å². The number of H-pyrrole nitrogens is 1. The minimum Gasteiger partial charge on any atom is -0.352 e. The summed E-state index contributed by atoms with van der Waals surface area (Å²) in [6.45, 7) is 4.54. The summed E-state index contributed by atoms with van der Waals surface area (Å²) in [5.74, 6) is 0.636. The fourth-order valence-electron chi connectivity index (χ4n) is 3.12. The van der Waals surface area contributed by atoms with E-state index in [1.165, 1.54) is 0 Å². The van der Waals surface area contributed by atoms with Gasteiger partial charge in [-0.15, -0.1) is 11.3 Å². The summed E-state index contributed by atoms with van der Waals surface area (Å²) in [5, 5.41) is 17.1. The van der Waals surface area contributed by atoms with Gasteiger partial charge in [0.25, 0.3) is 5.91 Å². The van der Waals surface area contributed by atoms with Crippen LogP contribution >= 0.6 is 23.6 Å². The smallest absolute Gasteiger partial charge is 0.252 e. The van der Waals surface area contributed by atoms with Crippen LogP contribution in [0.4, 0.5) is 0 Å². The van der Waals surface area contributed by atoms with Gasteiger partial charge in [0, 0.05) is 26.1 Å². The molecule has 0 aliphatic rings. The van der Waals surface area contributed by atoms with Gasteiger partial charge in [-0.25, -0.2) is 9.67 Å². The van der Waals surface area contributed by atoms with Gasteiger partial charge < -0.3 is 9.88 Å². The van der Waals surface area contributed by atoms with E-state index >= 15 is 0 Å². The van der Waals surface area contributed by atoms with Crippen molar-refractivity contribution in [2.24, 2.45) is 7.05 Å². The Morgan fingerprint density at radius 2 is 2.24 bits per heavy atom. The van der Waals surface area contributed by atoms with Gasteiger partial charge >= 0.3 is 0 Å². The number of fused-ring (bicyclic) bond motifs is 1. The number of pyridine rings is 1. The standard InChI is InChI=1S/C19H21N7OS2/c1-11(2)26-17-13(10-21-26)12(9-14(22-17)15-5-4-8-29-15)18(27)20-7-6-16-23-24-19(28)25(16)3/h4-5,8-11H,6-7H2,1-3H3,(H,20,27)(H,24,28). The molecule has 0 saturated carbocycles. The van der Waals surface area contributed by atoms with Gasteiger partial charge in [-0.05, 0) is 43.6 Å². The Morgan fingerprint density at radius 1 is 1.41 bits per heavy atom. The highest BCUT2D eigenvalue weighted by molar-refractivity contribution is 7.71. The second kappa shape index (κ2) is 7.88. The molecular weight excluding hydrogens is 406 g/mol. The molecule has 10 heteroatoms. The zero-order valence-electron chi connectivity index (χ0n) is 16.3. The van der Waals surface area contributed by atoms with Gasteiger partial charge in [0.2, 0.25) is 0 Å². The van der Waals surface area contributed by atoms with Crippen LogP contribution in [0, 0.1) is 4.77 Å². The number of amides is 1. The Labute approximate surface area is 176 Å². The SMILES string of the molecule is CC(C)n1ncc2c(C(=O)NCCc3n[nH]c(=S)n3C)cc(-c3cccs3)nc21. The van der Waals surface area contributed by atoms with Crippen molar-refractivity contribution < 1.29 is 4.79 Å². The number of nitrogens with zero attached hydrogens (tertiary/aromatic N) is 5. The van der Waals surface area contributed by atoms with E-state index in [0.29, 0.717) is 28.9 Å². The molecule has 0 saturated heterocycles. The molecule has 2 N–H and O–H groups in total. The van der Waals surface area contributed by atoms with E-state index in [-0.39, 0.29) is 11.9 Å². The van der Waals surface area contributed by atoms with Crippen molar-refractivity contribution >= 4 is 40.5 Å². The Hall–Kier alpha value is -2.85. The molecule has 0 unspecified atom stereocenters. The quantitative estimate of drug-likeness (QED) is 0.459. The molecule has 8 nitrogen and oxygen atoms in total. The third kappa shape index (κ3) is 3.73. The zero-order valence-corrected chi connectivity index (χ0v) is 18.0. The third-order valence-electron chi connectivity index (χ3n) is 4.68. The monoisotopic (exact) mass is 427 g/mol. The Bertz CT molecular complexity index is 1220. The lowest BCUT2D eigenvalue weighted by molar-refractivity contribution is 0.0955. The summed E-state index contributed by atoms with van der Waals surface area (Å²) in [6.07, 6.45) is 2.29. The third-order valence-corrected chi connectivity index (χ3v) is 5.94. The number of thiophene rings is 1. The van der Waals surface area contributed by atoms with E-state index in [1.807, 2.05) is 49.2 Å². The predicted octanol–water partition coefficient (Wildman–Crippen LogP) is 3.50. The number of rotatable bonds is 6. The maximum Gasteiger partial charge on any atom is 0.252 e. The minimum atomic E-state index is -0.157. The zero-order chi connectivity index (χ0) is 20.5. The summed E-state index contributed by atoms with van der Waals surface area (Å²) in [4.78, 5) is 18.8. The molecule has 0 aliphatic heterocycles. The highest BCUT2D eigenvalue weighted by Gasteiger charge is 2.19. The van der Waals surface area contributed by atoms with Crippen LogP contribution in [0.3, 0.4) is 0 Å². The molecule has 0 atom stereocenters. The lowest BCUT2D eigenvalue weighted by atomic mass is 10.1. The van der Waals surface area contributed by atoms with E-state index in [9.17, 15) is 4.79 Å². The number of carbonyl (C=O) groups is 1. The lowest BCUT2D eigenvalue weighted by Gasteiger charge is -2.10. The van der Waals surface area contributed by atoms with Crippen LogP contribution in [0.15, 0.2) is 29.8 Å². The minimum absolute atomic E-state index is 0.141. The first-order chi connectivity index (χ1) is 14.0. The highest BCUT2D eigenvalue weighted by atomic mass is 32.1. The lowest BCUT2D eigenvalue weighted by Crippen LogP contribution is -2.26. The first kappa shape index (κ1) is 19.5. The first-order valence-electron chi connectivity index (χ1n) is 9.26. The molecule has 150 valence electrons. The fraction of sp³-hybridized carbons (Fsp3) is 0.316. The number of carbonyl (C=O) groups excluding carboxylic acids is 1. The van der Waals surface area contributed by atoms with Gasteiger partial charge in [-0.1, -0.05) is 6.07 Å². The van der Waals surface area contributed by atoms with Crippen LogP contribution in [0.1, 0.15) is 36.1 Å². The molecule has 0 bridgehead atoms. The Morgan fingerprint density at radius 3 is 2.90 bits per heavy atom.